The summed E-state index contributed by atoms with van der Waals surface area (Å²) in [4.78, 5) is 8.20. The van der Waals surface area contributed by atoms with Gasteiger partial charge in [-0.25, -0.2) is 0 Å². The average molecular weight is 206 g/mol. The van der Waals surface area contributed by atoms with Crippen LogP contribution in [0.3, 0.4) is 0 Å². The summed E-state index contributed by atoms with van der Waals surface area (Å²) in [6.07, 6.45) is 3.66. The number of pyridine rings is 1. The molecule has 2 heterocycles. The first-order chi connectivity index (χ1) is 6.47. The topological polar surface area (TPSA) is 25.2 Å². The summed E-state index contributed by atoms with van der Waals surface area (Å²) in [5.41, 5.74) is 2.76. The van der Waals surface area contributed by atoms with Crippen LogP contribution in [0.25, 0.3) is 0 Å². The molecule has 2 nitrogen and oxygen atoms in total. The zero-order valence-corrected chi connectivity index (χ0v) is 9.41. The summed E-state index contributed by atoms with van der Waals surface area (Å²) in [5.74, 6) is 0. The Morgan fingerprint density at radius 1 is 1.20 bits per heavy atom. The first kappa shape index (κ1) is 13.8. The van der Waals surface area contributed by atoms with Gasteiger partial charge in [-0.15, -0.1) is 0 Å². The van der Waals surface area contributed by atoms with Gasteiger partial charge in [0, 0.05) is 18.0 Å². The van der Waals surface area contributed by atoms with Crippen LogP contribution in [0.15, 0.2) is 23.3 Å². The lowest BCUT2D eigenvalue weighted by atomic mass is 10.0. The molecular weight excluding hydrogens is 184 g/mol. The first-order valence-electron chi connectivity index (χ1n) is 4.90. The molecule has 0 radical (unpaired) electrons. The van der Waals surface area contributed by atoms with Crippen LogP contribution >= 0.6 is 0 Å². The van der Waals surface area contributed by atoms with Gasteiger partial charge in [-0.05, 0) is 11.5 Å². The number of aromatic nitrogens is 1. The largest absolute Gasteiger partial charge is 0.286 e. The Labute approximate surface area is 93.5 Å². The Kier molecular flexibility index (Phi) is 5.20. The number of aliphatic imine (C=N–C) groups is 1. The number of hydrogen-bond donors (Lipinski definition) is 0. The molecule has 1 aliphatic heterocycles. The molecule has 2 rings (SSSR count). The van der Waals surface area contributed by atoms with Crippen LogP contribution in [-0.4, -0.2) is 11.2 Å². The van der Waals surface area contributed by atoms with Crippen molar-refractivity contribution in [2.24, 2.45) is 10.4 Å². The van der Waals surface area contributed by atoms with Crippen molar-refractivity contribution in [1.29, 1.82) is 0 Å². The second-order valence-electron chi connectivity index (χ2n) is 5.01. The highest BCUT2D eigenvalue weighted by molar-refractivity contribution is 5.83. The molecular formula is C13H22N2. The average Bonchev–Trinajstić information content (AvgIpc) is 2.47. The van der Waals surface area contributed by atoms with Crippen LogP contribution in [0, 0.1) is 5.41 Å². The number of nitrogens with zero attached hydrogens (tertiary/aromatic N) is 2. The lowest BCUT2D eigenvalue weighted by Crippen LogP contribution is -1.93. The molecule has 0 N–H and O–H groups in total. The summed E-state index contributed by atoms with van der Waals surface area (Å²) in [7, 11) is 0. The highest BCUT2D eigenvalue weighted by Crippen LogP contribution is 2.09. The van der Waals surface area contributed by atoms with E-state index in [-0.39, 0.29) is 7.43 Å². The van der Waals surface area contributed by atoms with Crippen molar-refractivity contribution < 1.29 is 0 Å². The lowest BCUT2D eigenvalue weighted by Gasteiger charge is -2.05. The van der Waals surface area contributed by atoms with Gasteiger partial charge in [0.15, 0.2) is 0 Å². The lowest BCUT2D eigenvalue weighted by molar-refractivity contribution is 0.469. The predicted octanol–water partition coefficient (Wildman–Crippen LogP) is 3.70. The molecule has 0 amide bonds. The van der Waals surface area contributed by atoms with Gasteiger partial charge in [0.2, 0.25) is 0 Å². The van der Waals surface area contributed by atoms with E-state index in [9.17, 15) is 0 Å². The van der Waals surface area contributed by atoms with E-state index < -0.39 is 0 Å². The highest BCUT2D eigenvalue weighted by atomic mass is 14.8. The first-order valence-corrected chi connectivity index (χ1v) is 4.90. The molecule has 0 bridgehead atoms. The monoisotopic (exact) mass is 206 g/mol. The Balaban J connectivity index is 0.000000289. The van der Waals surface area contributed by atoms with Gasteiger partial charge in [0.25, 0.3) is 0 Å². The van der Waals surface area contributed by atoms with E-state index in [1.54, 1.807) is 6.20 Å². The molecule has 1 aromatic heterocycles. The molecule has 0 saturated heterocycles. The van der Waals surface area contributed by atoms with Gasteiger partial charge in [-0.3, -0.25) is 9.98 Å². The second kappa shape index (κ2) is 5.64. The number of rotatable bonds is 0. The molecule has 0 aromatic carbocycles. The van der Waals surface area contributed by atoms with Crippen LogP contribution in [0.1, 0.15) is 46.4 Å². The van der Waals surface area contributed by atoms with E-state index in [4.69, 9.17) is 0 Å². The van der Waals surface area contributed by atoms with E-state index in [2.05, 4.69) is 37.7 Å². The minimum absolute atomic E-state index is 0. The van der Waals surface area contributed by atoms with Crippen LogP contribution < -0.4 is 0 Å². The highest BCUT2D eigenvalue weighted by Gasteiger charge is 2.03. The van der Waals surface area contributed by atoms with E-state index in [1.807, 2.05) is 18.3 Å². The molecule has 15 heavy (non-hydrogen) atoms. The fraction of sp³-hybridized carbons (Fsp3) is 0.538. The number of fused-ring (bicyclic) bond motifs is 1. The summed E-state index contributed by atoms with van der Waals surface area (Å²) in [6.45, 7) is 9.51. The Bertz CT molecular complexity index is 316. The fourth-order valence-electron chi connectivity index (χ4n) is 0.931. The van der Waals surface area contributed by atoms with Crippen molar-refractivity contribution in [1.82, 2.24) is 4.98 Å². The van der Waals surface area contributed by atoms with Crippen molar-refractivity contribution >= 4 is 6.21 Å². The smallest absolute Gasteiger partial charge is 0.0818 e. The SMILES string of the molecule is C.C1=NCc2ncccc21.CC(C)(C)C. The van der Waals surface area contributed by atoms with Crippen molar-refractivity contribution in [3.63, 3.8) is 0 Å². The molecule has 0 unspecified atom stereocenters. The molecule has 0 spiro atoms. The predicted molar refractivity (Wildman–Crippen MR) is 67.4 cm³/mol. The maximum Gasteiger partial charge on any atom is 0.0818 e. The quantitative estimate of drug-likeness (QED) is 0.635. The standard InChI is InChI=1S/C7H6N2.C5H12.CH4/c1-2-6-4-8-5-7(6)9-3-1;1-5(2,3)4;/h1-4H,5H2;1-4H3;1H4. The van der Waals surface area contributed by atoms with E-state index in [0.717, 1.165) is 17.8 Å². The van der Waals surface area contributed by atoms with Gasteiger partial charge in [0.1, 0.15) is 0 Å². The third-order valence-corrected chi connectivity index (χ3v) is 1.40. The normalized spacial score (nSPS) is 12.3. The molecule has 0 aliphatic carbocycles. The maximum absolute atomic E-state index is 4.13. The van der Waals surface area contributed by atoms with Crippen LogP contribution in [0.5, 0.6) is 0 Å². The van der Waals surface area contributed by atoms with Gasteiger partial charge in [0.05, 0.1) is 12.2 Å². The van der Waals surface area contributed by atoms with E-state index in [0.29, 0.717) is 5.41 Å². The van der Waals surface area contributed by atoms with Gasteiger partial charge >= 0.3 is 0 Å². The molecule has 0 atom stereocenters. The molecule has 84 valence electrons. The van der Waals surface area contributed by atoms with Crippen molar-refractivity contribution in [3.05, 3.63) is 29.6 Å². The zero-order valence-electron chi connectivity index (χ0n) is 9.41. The molecule has 1 aromatic rings. The van der Waals surface area contributed by atoms with Crippen molar-refractivity contribution in [2.75, 3.05) is 0 Å². The molecule has 1 aliphatic rings. The number of hydrogen-bond acceptors (Lipinski definition) is 2. The van der Waals surface area contributed by atoms with E-state index in [1.165, 1.54) is 0 Å². The maximum atomic E-state index is 4.13. The summed E-state index contributed by atoms with van der Waals surface area (Å²) < 4.78 is 0. The minimum Gasteiger partial charge on any atom is -0.286 e. The molecule has 2 heteroatoms. The molecule has 0 fully saturated rings. The summed E-state index contributed by atoms with van der Waals surface area (Å²) in [6, 6.07) is 3.95. The zero-order chi connectivity index (χ0) is 10.6. The van der Waals surface area contributed by atoms with Crippen LogP contribution in [0.4, 0.5) is 0 Å². The summed E-state index contributed by atoms with van der Waals surface area (Å²) >= 11 is 0. The van der Waals surface area contributed by atoms with Gasteiger partial charge < -0.3 is 0 Å². The third kappa shape index (κ3) is 6.00. The fourth-order valence-corrected chi connectivity index (χ4v) is 0.931. The van der Waals surface area contributed by atoms with Crippen molar-refractivity contribution in [2.45, 2.75) is 41.7 Å². The summed E-state index contributed by atoms with van der Waals surface area (Å²) in [5, 5.41) is 0. The molecule has 0 saturated carbocycles. The van der Waals surface area contributed by atoms with Crippen LogP contribution in [-0.2, 0) is 6.54 Å². The Morgan fingerprint density at radius 2 is 1.80 bits per heavy atom. The Hall–Kier alpha value is -1.18. The Morgan fingerprint density at radius 3 is 2.33 bits per heavy atom. The van der Waals surface area contributed by atoms with Gasteiger partial charge in [-0.1, -0.05) is 41.2 Å². The second-order valence-corrected chi connectivity index (χ2v) is 5.01. The van der Waals surface area contributed by atoms with E-state index >= 15 is 0 Å². The minimum atomic E-state index is 0. The van der Waals surface area contributed by atoms with Crippen molar-refractivity contribution in [3.8, 4) is 0 Å². The van der Waals surface area contributed by atoms with Crippen LogP contribution in [0.2, 0.25) is 0 Å². The third-order valence-electron chi connectivity index (χ3n) is 1.40. The van der Waals surface area contributed by atoms with Gasteiger partial charge in [-0.2, -0.15) is 0 Å².